The van der Waals surface area contributed by atoms with E-state index in [0.29, 0.717) is 37.2 Å². The summed E-state index contributed by atoms with van der Waals surface area (Å²) >= 11 is 0. The summed E-state index contributed by atoms with van der Waals surface area (Å²) in [4.78, 5) is 36.5. The third kappa shape index (κ3) is 4.29. The van der Waals surface area contributed by atoms with Crippen molar-refractivity contribution in [2.75, 3.05) is 34.5 Å². The molecule has 9 heteroatoms. The van der Waals surface area contributed by atoms with E-state index >= 15 is 0 Å². The van der Waals surface area contributed by atoms with E-state index in [1.807, 2.05) is 0 Å². The van der Waals surface area contributed by atoms with Gasteiger partial charge in [-0.15, -0.1) is 0 Å². The van der Waals surface area contributed by atoms with Crippen molar-refractivity contribution in [2.24, 2.45) is 5.41 Å². The fourth-order valence-corrected chi connectivity index (χ4v) is 4.45. The second-order valence-electron chi connectivity index (χ2n) is 7.00. The molecule has 0 amide bonds. The van der Waals surface area contributed by atoms with Crippen LogP contribution in [-0.2, 0) is 23.9 Å². The van der Waals surface area contributed by atoms with Gasteiger partial charge in [-0.1, -0.05) is 18.9 Å². The lowest BCUT2D eigenvalue weighted by molar-refractivity contribution is -0.279. The van der Waals surface area contributed by atoms with Crippen LogP contribution in [0.5, 0.6) is 11.5 Å². The monoisotopic (exact) mass is 426 g/mol. The Balaban J connectivity index is 2.48. The lowest BCUT2D eigenvalue weighted by Crippen LogP contribution is -2.52. The van der Waals surface area contributed by atoms with E-state index in [1.54, 1.807) is 18.2 Å². The minimum Gasteiger partial charge on any atom is -0.496 e. The Morgan fingerprint density at radius 2 is 1.66 bits per heavy atom. The Hall–Kier alpha value is -2.02. The van der Waals surface area contributed by atoms with E-state index in [1.165, 1.54) is 28.3 Å². The molecule has 0 aromatic heterocycles. The summed E-state index contributed by atoms with van der Waals surface area (Å²) in [5.74, 6) is -0.566. The first-order valence-corrected chi connectivity index (χ1v) is 10.2. The standard InChI is InChI=1S/C20H27O8P/c1-19(29-23,18(22)28-27-13-12-24-2)20(10-5-6-11-20)17(21)16-14(25-3)8-7-9-15(16)26-4/h7-9H,5-6,10-13H2,1-4H3. The lowest BCUT2D eigenvalue weighted by Gasteiger charge is -2.38. The number of rotatable bonds is 11. The zero-order valence-electron chi connectivity index (χ0n) is 17.2. The molecule has 0 spiro atoms. The molecule has 0 radical (unpaired) electrons. The van der Waals surface area contributed by atoms with Crippen LogP contribution in [0.2, 0.25) is 0 Å². The summed E-state index contributed by atoms with van der Waals surface area (Å²) in [7, 11) is 3.87. The molecule has 0 bridgehead atoms. The Kier molecular flexibility index (Phi) is 8.14. The fourth-order valence-electron chi connectivity index (χ4n) is 3.84. The second-order valence-corrected chi connectivity index (χ2v) is 8.08. The highest BCUT2D eigenvalue weighted by molar-refractivity contribution is 7.28. The summed E-state index contributed by atoms with van der Waals surface area (Å²) < 4.78 is 27.9. The highest BCUT2D eigenvalue weighted by Gasteiger charge is 2.62. The van der Waals surface area contributed by atoms with Crippen LogP contribution < -0.4 is 9.47 Å². The maximum Gasteiger partial charge on any atom is 0.360 e. The van der Waals surface area contributed by atoms with Crippen LogP contribution in [0, 0.1) is 5.41 Å². The number of ketones is 1. The Labute approximate surface area is 171 Å². The Morgan fingerprint density at radius 3 is 2.14 bits per heavy atom. The van der Waals surface area contributed by atoms with Crippen molar-refractivity contribution in [1.82, 2.24) is 0 Å². The number of hydrogen-bond acceptors (Lipinski definition) is 8. The van der Waals surface area contributed by atoms with Crippen molar-refractivity contribution in [3.63, 3.8) is 0 Å². The molecule has 29 heavy (non-hydrogen) atoms. The summed E-state index contributed by atoms with van der Waals surface area (Å²) in [5, 5.41) is -1.64. The van der Waals surface area contributed by atoms with Crippen LogP contribution >= 0.6 is 8.46 Å². The quantitative estimate of drug-likeness (QED) is 0.174. The minimum atomic E-state index is -1.64. The number of methoxy groups -OCH3 is 3. The number of benzene rings is 1. The predicted octanol–water partition coefficient (Wildman–Crippen LogP) is 3.62. The van der Waals surface area contributed by atoms with Gasteiger partial charge in [-0.2, -0.15) is 4.89 Å². The van der Waals surface area contributed by atoms with E-state index in [2.05, 4.69) is 0 Å². The highest BCUT2D eigenvalue weighted by atomic mass is 31.1. The van der Waals surface area contributed by atoms with Gasteiger partial charge in [0.1, 0.15) is 23.7 Å². The lowest BCUT2D eigenvalue weighted by atomic mass is 9.68. The van der Waals surface area contributed by atoms with E-state index in [4.69, 9.17) is 24.0 Å². The van der Waals surface area contributed by atoms with Crippen LogP contribution in [0.15, 0.2) is 18.2 Å². The van der Waals surface area contributed by atoms with Crippen molar-refractivity contribution < 1.29 is 38.1 Å². The number of Topliss-reactive ketones (excluding diaryl/α,β-unsaturated/α-hetero) is 1. The summed E-state index contributed by atoms with van der Waals surface area (Å²) in [6, 6.07) is 5.01. The number of ether oxygens (including phenoxy) is 3. The zero-order chi connectivity index (χ0) is 21.5. The van der Waals surface area contributed by atoms with Crippen molar-refractivity contribution >= 4 is 20.2 Å². The first-order chi connectivity index (χ1) is 13.9. The smallest absolute Gasteiger partial charge is 0.360 e. The molecule has 0 saturated heterocycles. The molecular formula is C20H27O8P. The average Bonchev–Trinajstić information content (AvgIpc) is 3.26. The molecule has 1 aliphatic carbocycles. The first-order valence-electron chi connectivity index (χ1n) is 9.35. The number of carbonyl (C=O) groups is 2. The first kappa shape index (κ1) is 23.3. The van der Waals surface area contributed by atoms with Crippen LogP contribution in [0.1, 0.15) is 43.0 Å². The van der Waals surface area contributed by atoms with Crippen LogP contribution in [-0.4, -0.2) is 51.5 Å². The van der Waals surface area contributed by atoms with E-state index in [0.717, 1.165) is 0 Å². The van der Waals surface area contributed by atoms with Gasteiger partial charge in [-0.25, -0.2) is 4.79 Å². The molecule has 1 aromatic rings. The van der Waals surface area contributed by atoms with Gasteiger partial charge in [-0.05, 0) is 31.9 Å². The van der Waals surface area contributed by atoms with Gasteiger partial charge in [0.2, 0.25) is 0 Å². The van der Waals surface area contributed by atoms with Gasteiger partial charge in [0, 0.05) is 7.11 Å². The normalized spacial score (nSPS) is 17.5. The van der Waals surface area contributed by atoms with Crippen molar-refractivity contribution in [3.05, 3.63) is 23.8 Å². The van der Waals surface area contributed by atoms with E-state index in [-0.39, 0.29) is 24.6 Å². The zero-order valence-corrected chi connectivity index (χ0v) is 18.1. The Bertz CT molecular complexity index is 722. The molecule has 0 heterocycles. The molecule has 8 nitrogen and oxygen atoms in total. The minimum absolute atomic E-state index is 0.0232. The third-order valence-corrected chi connectivity index (χ3v) is 6.54. The summed E-state index contributed by atoms with van der Waals surface area (Å²) in [6.45, 7) is 1.71. The van der Waals surface area contributed by atoms with Gasteiger partial charge >= 0.3 is 5.97 Å². The molecule has 160 valence electrons. The Morgan fingerprint density at radius 1 is 1.07 bits per heavy atom. The second kappa shape index (κ2) is 10.1. The van der Waals surface area contributed by atoms with Gasteiger partial charge in [0.25, 0.3) is 0 Å². The number of hydrogen-bond donors (Lipinski definition) is 0. The largest absolute Gasteiger partial charge is 0.496 e. The van der Waals surface area contributed by atoms with Gasteiger partial charge in [0.15, 0.2) is 19.4 Å². The molecule has 1 saturated carbocycles. The van der Waals surface area contributed by atoms with Crippen LogP contribution in [0.25, 0.3) is 0 Å². The molecule has 1 aliphatic rings. The van der Waals surface area contributed by atoms with Gasteiger partial charge < -0.3 is 14.2 Å². The van der Waals surface area contributed by atoms with Crippen LogP contribution in [0.4, 0.5) is 0 Å². The highest BCUT2D eigenvalue weighted by Crippen LogP contribution is 2.56. The molecule has 0 aliphatic heterocycles. The maximum atomic E-state index is 13.8. The summed E-state index contributed by atoms with van der Waals surface area (Å²) in [6.07, 6.45) is 2.19. The van der Waals surface area contributed by atoms with Crippen LogP contribution in [0.3, 0.4) is 0 Å². The molecule has 2 rings (SSSR count). The summed E-state index contributed by atoms with van der Waals surface area (Å²) in [5.41, 5.74) is -1.03. The SMILES string of the molecule is COCCOOC(=O)C(C)(P=O)C1(C(=O)c2c(OC)cccc2OC)CCCC1. The average molecular weight is 426 g/mol. The molecule has 1 unspecified atom stereocenters. The van der Waals surface area contributed by atoms with Gasteiger partial charge in [-0.3, -0.25) is 14.2 Å². The maximum absolute atomic E-state index is 13.8. The fraction of sp³-hybridized carbons (Fsp3) is 0.600. The van der Waals surface area contributed by atoms with E-state index < -0.39 is 25.0 Å². The molecule has 1 fully saturated rings. The number of carbonyl (C=O) groups excluding carboxylic acids is 2. The van der Waals surface area contributed by atoms with Crippen molar-refractivity contribution in [1.29, 1.82) is 0 Å². The third-order valence-electron chi connectivity index (χ3n) is 5.56. The van der Waals surface area contributed by atoms with Gasteiger partial charge in [0.05, 0.1) is 26.2 Å². The molecule has 1 aromatic carbocycles. The van der Waals surface area contributed by atoms with Crippen molar-refractivity contribution in [2.45, 2.75) is 37.8 Å². The molecular weight excluding hydrogens is 399 g/mol. The topological polar surface area (TPSA) is 97.4 Å². The molecule has 1 atom stereocenters. The molecule has 0 N–H and O–H groups in total. The predicted molar refractivity (Wildman–Crippen MR) is 105 cm³/mol. The van der Waals surface area contributed by atoms with Crippen molar-refractivity contribution in [3.8, 4) is 11.5 Å². The van der Waals surface area contributed by atoms with E-state index in [9.17, 15) is 14.2 Å².